The van der Waals surface area contributed by atoms with Crippen LogP contribution in [0.5, 0.6) is 0 Å². The molecule has 41 heavy (non-hydrogen) atoms. The molecule has 1 heterocycles. The Morgan fingerprint density at radius 1 is 1.00 bits per heavy atom. The third kappa shape index (κ3) is 6.67. The van der Waals surface area contributed by atoms with Gasteiger partial charge in [-0.2, -0.15) is 0 Å². The Hall–Kier alpha value is -4.40. The van der Waals surface area contributed by atoms with Crippen LogP contribution in [0.25, 0.3) is 10.8 Å². The molecule has 1 saturated heterocycles. The van der Waals surface area contributed by atoms with Crippen molar-refractivity contribution in [1.82, 2.24) is 20.9 Å². The van der Waals surface area contributed by atoms with E-state index < -0.39 is 23.6 Å². The molecule has 4 rings (SSSR count). The van der Waals surface area contributed by atoms with Gasteiger partial charge in [0.25, 0.3) is 5.91 Å². The molecule has 9 heteroatoms. The minimum atomic E-state index is -1.26. The first kappa shape index (κ1) is 29.6. The molecule has 0 spiro atoms. The number of amides is 3. The summed E-state index contributed by atoms with van der Waals surface area (Å²) in [6.07, 6.45) is 0.634. The lowest BCUT2D eigenvalue weighted by molar-refractivity contribution is -0.133. The normalized spacial score (nSPS) is 18.3. The molecule has 2 unspecified atom stereocenters. The lowest BCUT2D eigenvalue weighted by Gasteiger charge is -2.30. The third-order valence-corrected chi connectivity index (χ3v) is 7.59. The number of hydrogen-bond acceptors (Lipinski definition) is 4. The van der Waals surface area contributed by atoms with E-state index in [0.29, 0.717) is 25.8 Å². The van der Waals surface area contributed by atoms with Crippen LogP contribution < -0.4 is 16.0 Å². The molecule has 1 aliphatic heterocycles. The molecule has 3 atom stereocenters. The third-order valence-electron chi connectivity index (χ3n) is 7.59. The van der Waals surface area contributed by atoms with Crippen molar-refractivity contribution in [3.8, 4) is 0 Å². The van der Waals surface area contributed by atoms with Crippen molar-refractivity contribution in [2.75, 3.05) is 6.54 Å². The summed E-state index contributed by atoms with van der Waals surface area (Å²) in [6, 6.07) is 21.9. The maximum atomic E-state index is 13.8. The van der Waals surface area contributed by atoms with E-state index in [2.05, 4.69) is 29.8 Å². The van der Waals surface area contributed by atoms with Crippen molar-refractivity contribution in [2.24, 2.45) is 5.92 Å². The molecule has 5 N–H and O–H groups in total. The van der Waals surface area contributed by atoms with Gasteiger partial charge in [-0.15, -0.1) is 0 Å². The summed E-state index contributed by atoms with van der Waals surface area (Å²) >= 11 is 0. The highest BCUT2D eigenvalue weighted by atomic mass is 16.4. The molecule has 3 amide bonds. The number of rotatable bonds is 12. The van der Waals surface area contributed by atoms with E-state index in [1.54, 1.807) is 0 Å². The molecule has 216 valence electrons. The lowest BCUT2D eigenvalue weighted by Crippen LogP contribution is -2.48. The number of fused-ring (bicyclic) bond motifs is 1. The fraction of sp³-hybridized carbons (Fsp3) is 0.375. The minimum Gasteiger partial charge on any atom is -0.465 e. The molecule has 0 aliphatic carbocycles. The molecule has 1 fully saturated rings. The zero-order valence-electron chi connectivity index (χ0n) is 23.8. The molecule has 9 nitrogen and oxygen atoms in total. The first-order chi connectivity index (χ1) is 19.6. The number of carboxylic acid groups (broad SMARTS) is 1. The minimum absolute atomic E-state index is 0.0804. The first-order valence-corrected chi connectivity index (χ1v) is 14.1. The van der Waals surface area contributed by atoms with Gasteiger partial charge in [0.15, 0.2) is 5.96 Å². The average molecular weight is 558 g/mol. The summed E-state index contributed by atoms with van der Waals surface area (Å²) in [7, 11) is 0. The van der Waals surface area contributed by atoms with Crippen LogP contribution in [0.1, 0.15) is 51.2 Å². The number of carbonyl (C=O) groups excluding carboxylic acids is 2. The standard InChI is InChI=1S/C32H39N5O4/c1-21(2)20-32(25-15-5-4-6-16-25)29(39)37(30(33)36-32)22(3)11-10-18-34-28(38)27(35-31(40)41)19-24-14-9-13-23-12-7-8-17-26(23)24/h4-9,12-17,21-22,27,35H,10-11,18-20H2,1-3H3,(H2,33,36)(H,34,38)(H,40,41)/t22?,27?,32-/m1/s1. The molecule has 1 aliphatic rings. The number of nitrogens with zero attached hydrogens (tertiary/aromatic N) is 1. The Labute approximate surface area is 240 Å². The van der Waals surface area contributed by atoms with Gasteiger partial charge in [-0.3, -0.25) is 19.9 Å². The monoisotopic (exact) mass is 557 g/mol. The second-order valence-electron chi connectivity index (χ2n) is 11.1. The molecule has 3 aromatic carbocycles. The van der Waals surface area contributed by atoms with E-state index in [1.807, 2.05) is 79.7 Å². The van der Waals surface area contributed by atoms with Gasteiger partial charge in [-0.1, -0.05) is 86.6 Å². The fourth-order valence-electron chi connectivity index (χ4n) is 5.74. The van der Waals surface area contributed by atoms with Crippen LogP contribution in [0.2, 0.25) is 0 Å². The van der Waals surface area contributed by atoms with Crippen molar-refractivity contribution < 1.29 is 19.5 Å². The van der Waals surface area contributed by atoms with Crippen molar-refractivity contribution >= 4 is 34.6 Å². The number of hydrogen-bond donors (Lipinski definition) is 5. The zero-order valence-corrected chi connectivity index (χ0v) is 23.8. The SMILES string of the molecule is CC(C)C[C@]1(c2ccccc2)NC(=N)N(C(C)CCCNC(=O)C(Cc2cccc3ccccc23)NC(=O)O)C1=O. The summed E-state index contributed by atoms with van der Waals surface area (Å²) in [5.74, 6) is -0.234. The maximum Gasteiger partial charge on any atom is 0.405 e. The summed E-state index contributed by atoms with van der Waals surface area (Å²) < 4.78 is 0. The van der Waals surface area contributed by atoms with Crippen LogP contribution >= 0.6 is 0 Å². The van der Waals surface area contributed by atoms with E-state index >= 15 is 0 Å². The molecular formula is C32H39N5O4. The maximum absolute atomic E-state index is 13.8. The zero-order chi connectivity index (χ0) is 29.6. The van der Waals surface area contributed by atoms with E-state index in [0.717, 1.165) is 21.9 Å². The highest BCUT2D eigenvalue weighted by molar-refractivity contribution is 6.08. The largest absolute Gasteiger partial charge is 0.465 e. The predicted octanol–water partition coefficient (Wildman–Crippen LogP) is 4.61. The van der Waals surface area contributed by atoms with E-state index in [-0.39, 0.29) is 30.2 Å². The van der Waals surface area contributed by atoms with Gasteiger partial charge in [-0.05, 0) is 54.0 Å². The second-order valence-corrected chi connectivity index (χ2v) is 11.1. The van der Waals surface area contributed by atoms with Crippen LogP contribution in [0.4, 0.5) is 4.79 Å². The summed E-state index contributed by atoms with van der Waals surface area (Å²) in [6.45, 7) is 6.34. The van der Waals surface area contributed by atoms with Crippen molar-refractivity contribution in [3.05, 3.63) is 83.9 Å². The van der Waals surface area contributed by atoms with Gasteiger partial charge >= 0.3 is 6.09 Å². The average Bonchev–Trinajstić information content (AvgIpc) is 3.19. The number of benzene rings is 3. The van der Waals surface area contributed by atoms with Gasteiger partial charge in [0.2, 0.25) is 5.91 Å². The van der Waals surface area contributed by atoms with E-state index in [4.69, 9.17) is 5.41 Å². The van der Waals surface area contributed by atoms with Crippen LogP contribution in [0.15, 0.2) is 72.8 Å². The Balaban J connectivity index is 1.37. The number of nitrogens with one attached hydrogen (secondary N) is 4. The summed E-state index contributed by atoms with van der Waals surface area (Å²) in [4.78, 5) is 39.8. The lowest BCUT2D eigenvalue weighted by atomic mass is 9.82. The quantitative estimate of drug-likeness (QED) is 0.207. The number of carbonyl (C=O) groups is 3. The van der Waals surface area contributed by atoms with Gasteiger partial charge < -0.3 is 21.1 Å². The molecular weight excluding hydrogens is 518 g/mol. The van der Waals surface area contributed by atoms with Crippen LogP contribution in [0, 0.1) is 11.3 Å². The van der Waals surface area contributed by atoms with Crippen molar-refractivity contribution in [2.45, 2.75) is 64.1 Å². The highest BCUT2D eigenvalue weighted by Crippen LogP contribution is 2.36. The molecule has 0 bridgehead atoms. The smallest absolute Gasteiger partial charge is 0.405 e. The predicted molar refractivity (Wildman–Crippen MR) is 160 cm³/mol. The molecule has 3 aromatic rings. The van der Waals surface area contributed by atoms with Crippen LogP contribution in [0.3, 0.4) is 0 Å². The summed E-state index contributed by atoms with van der Waals surface area (Å²) in [5.41, 5.74) is 0.743. The van der Waals surface area contributed by atoms with E-state index in [1.165, 1.54) is 4.90 Å². The van der Waals surface area contributed by atoms with E-state index in [9.17, 15) is 19.5 Å². The number of guanidine groups is 1. The van der Waals surface area contributed by atoms with Crippen LogP contribution in [-0.4, -0.2) is 52.5 Å². The molecule has 0 saturated carbocycles. The fourth-order valence-corrected chi connectivity index (χ4v) is 5.74. The molecule has 0 radical (unpaired) electrons. The topological polar surface area (TPSA) is 135 Å². The van der Waals surface area contributed by atoms with Crippen molar-refractivity contribution in [3.63, 3.8) is 0 Å². The Bertz CT molecular complexity index is 1400. The van der Waals surface area contributed by atoms with Gasteiger partial charge in [0, 0.05) is 19.0 Å². The van der Waals surface area contributed by atoms with Gasteiger partial charge in [-0.25, -0.2) is 4.79 Å². The van der Waals surface area contributed by atoms with Gasteiger partial charge in [0.05, 0.1) is 0 Å². The second kappa shape index (κ2) is 12.8. The van der Waals surface area contributed by atoms with Gasteiger partial charge in [0.1, 0.15) is 11.6 Å². The Kier molecular flexibility index (Phi) is 9.27. The van der Waals surface area contributed by atoms with Crippen LogP contribution in [-0.2, 0) is 21.5 Å². The first-order valence-electron chi connectivity index (χ1n) is 14.1. The highest BCUT2D eigenvalue weighted by Gasteiger charge is 2.52. The Morgan fingerprint density at radius 2 is 1.68 bits per heavy atom. The molecule has 0 aromatic heterocycles. The van der Waals surface area contributed by atoms with Crippen molar-refractivity contribution in [1.29, 1.82) is 5.41 Å². The Morgan fingerprint density at radius 3 is 2.39 bits per heavy atom. The summed E-state index contributed by atoms with van der Waals surface area (Å²) in [5, 5.41) is 28.4.